The van der Waals surface area contributed by atoms with Gasteiger partial charge in [0, 0.05) is 56.0 Å². The third-order valence-corrected chi connectivity index (χ3v) is 10.4. The number of nitrogens with one attached hydrogen (secondary N) is 2. The lowest BCUT2D eigenvalue weighted by Crippen LogP contribution is -2.55. The summed E-state index contributed by atoms with van der Waals surface area (Å²) in [5, 5.41) is 4.09. The number of H-pyrrole nitrogens is 1. The van der Waals surface area contributed by atoms with E-state index in [1.54, 1.807) is 24.4 Å². The van der Waals surface area contributed by atoms with Gasteiger partial charge in [0.05, 0.1) is 38.4 Å². The van der Waals surface area contributed by atoms with E-state index in [0.29, 0.717) is 61.9 Å². The van der Waals surface area contributed by atoms with E-state index in [1.165, 1.54) is 11.9 Å². The molecule has 53 heavy (non-hydrogen) atoms. The molecule has 280 valence electrons. The fraction of sp³-hybridized carbons (Fsp3) is 0.342. The van der Waals surface area contributed by atoms with Crippen molar-refractivity contribution in [3.05, 3.63) is 123 Å². The highest BCUT2D eigenvalue weighted by atomic mass is 35.5. The summed E-state index contributed by atoms with van der Waals surface area (Å²) >= 11 is 12.6. The Balaban J connectivity index is 1.26. The van der Waals surface area contributed by atoms with Crippen LogP contribution in [0.2, 0.25) is 10.0 Å². The number of fused-ring (bicyclic) bond motifs is 1. The van der Waals surface area contributed by atoms with Crippen molar-refractivity contribution in [3.8, 4) is 0 Å². The average molecular weight is 778 g/mol. The summed E-state index contributed by atoms with van der Waals surface area (Å²) in [6.07, 6.45) is -6.91. The van der Waals surface area contributed by atoms with E-state index in [-0.39, 0.29) is 17.1 Å². The van der Waals surface area contributed by atoms with Crippen LogP contribution in [0.1, 0.15) is 70.4 Å². The maximum absolute atomic E-state index is 14.0. The van der Waals surface area contributed by atoms with Crippen molar-refractivity contribution in [2.45, 2.75) is 63.1 Å². The second-order valence-electron chi connectivity index (χ2n) is 13.2. The highest BCUT2D eigenvalue weighted by Crippen LogP contribution is 2.38. The predicted molar refractivity (Wildman–Crippen MR) is 193 cm³/mol. The van der Waals surface area contributed by atoms with Gasteiger partial charge in [0.1, 0.15) is 0 Å². The molecule has 2 atom stereocenters. The number of halogens is 8. The third-order valence-electron chi connectivity index (χ3n) is 9.66. The van der Waals surface area contributed by atoms with Crippen LogP contribution < -0.4 is 5.32 Å². The molecule has 2 N–H and O–H groups in total. The second kappa shape index (κ2) is 15.6. The quantitative estimate of drug-likeness (QED) is 0.138. The second-order valence-corrected chi connectivity index (χ2v) is 14.0. The Labute approximate surface area is 312 Å². The van der Waals surface area contributed by atoms with Crippen LogP contribution in [0.4, 0.5) is 32.3 Å². The van der Waals surface area contributed by atoms with Crippen LogP contribution in [0.3, 0.4) is 0 Å². The Bertz CT molecular complexity index is 2030. The van der Waals surface area contributed by atoms with Crippen LogP contribution in [0.15, 0.2) is 79.0 Å². The molecule has 1 saturated heterocycles. The minimum atomic E-state index is -5.10. The molecule has 5 aromatic rings. The molecule has 0 aliphatic carbocycles. The van der Waals surface area contributed by atoms with Crippen molar-refractivity contribution < 1.29 is 31.1 Å². The molecule has 2 unspecified atom stereocenters. The molecule has 1 aliphatic rings. The standard InChI is InChI=1S/C38H36Cl2F6N6O/c1-3-29(22-10-11-30(39)31(40)20-22)34(51(2)35(53)24-17-25(37(41,42)43)21-26(18-24)38(44,45)46)52-15-12-27(13-16-52)48-36-49-32-9-6-7-23(33(32)50-36)19-28-8-4-5-14-47-28/h4-11,14,17-18,20-21,27,29,34H,3,12-13,15-16,19H2,1-2H3,(H2,48,49,50). The Hall–Kier alpha value is -4.33. The van der Waals surface area contributed by atoms with Gasteiger partial charge in [-0.1, -0.05) is 54.4 Å². The molecule has 0 spiro atoms. The number of amides is 1. The monoisotopic (exact) mass is 776 g/mol. The molecule has 7 nitrogen and oxygen atoms in total. The van der Waals surface area contributed by atoms with E-state index in [1.807, 2.05) is 48.2 Å². The Morgan fingerprint density at radius 2 is 1.64 bits per heavy atom. The van der Waals surface area contributed by atoms with Gasteiger partial charge < -0.3 is 15.2 Å². The largest absolute Gasteiger partial charge is 0.416 e. The molecule has 15 heteroatoms. The minimum absolute atomic E-state index is 0.0138. The summed E-state index contributed by atoms with van der Waals surface area (Å²) < 4.78 is 82.5. The summed E-state index contributed by atoms with van der Waals surface area (Å²) in [5.41, 5.74) is 0.526. The van der Waals surface area contributed by atoms with Crippen LogP contribution in [0, 0.1) is 0 Å². The van der Waals surface area contributed by atoms with Crippen LogP contribution in [0.25, 0.3) is 11.0 Å². The van der Waals surface area contributed by atoms with E-state index in [4.69, 9.17) is 28.2 Å². The molecular formula is C38H36Cl2F6N6O. The number of likely N-dealkylation sites (N-methyl/N-ethyl adjacent to an activating group) is 1. The summed E-state index contributed by atoms with van der Waals surface area (Å²) in [7, 11) is 1.40. The number of aromatic amines is 1. The van der Waals surface area contributed by atoms with Gasteiger partial charge in [-0.25, -0.2) is 4.98 Å². The van der Waals surface area contributed by atoms with Crippen molar-refractivity contribution in [2.24, 2.45) is 0 Å². The van der Waals surface area contributed by atoms with Gasteiger partial charge in [-0.3, -0.25) is 14.7 Å². The van der Waals surface area contributed by atoms with E-state index >= 15 is 0 Å². The lowest BCUT2D eigenvalue weighted by molar-refractivity contribution is -0.143. The summed E-state index contributed by atoms with van der Waals surface area (Å²) in [5.74, 6) is -0.804. The number of anilines is 1. The summed E-state index contributed by atoms with van der Waals surface area (Å²) in [6.45, 7) is 2.81. The Kier molecular flexibility index (Phi) is 11.3. The Morgan fingerprint density at radius 3 is 2.25 bits per heavy atom. The normalized spacial score (nSPS) is 15.7. The zero-order valence-corrected chi connectivity index (χ0v) is 30.2. The first-order chi connectivity index (χ1) is 25.1. The number of hydrogen-bond acceptors (Lipinski definition) is 5. The number of alkyl halides is 6. The first-order valence-electron chi connectivity index (χ1n) is 17.0. The van der Waals surface area contributed by atoms with Crippen molar-refractivity contribution in [3.63, 3.8) is 0 Å². The third kappa shape index (κ3) is 8.74. The zero-order valence-electron chi connectivity index (χ0n) is 28.7. The number of para-hydroxylation sites is 1. The number of carbonyl (C=O) groups excluding carboxylic acids is 1. The van der Waals surface area contributed by atoms with Crippen molar-refractivity contribution >= 4 is 46.1 Å². The Morgan fingerprint density at radius 1 is 0.943 bits per heavy atom. The SMILES string of the molecule is CCC(c1ccc(Cl)c(Cl)c1)C(N1CCC(Nc2nc3c(Cc4ccccn4)cccc3[nH]2)CC1)N(C)C(=O)c1cc(C(F)(F)F)cc(C(F)(F)F)c1. The molecule has 0 radical (unpaired) electrons. The number of hydrogen-bond donors (Lipinski definition) is 2. The maximum atomic E-state index is 14.0. The van der Waals surface area contributed by atoms with Gasteiger partial charge >= 0.3 is 12.4 Å². The van der Waals surface area contributed by atoms with Gasteiger partial charge in [-0.05, 0) is 78.9 Å². The molecule has 6 rings (SSSR count). The number of nitrogens with zero attached hydrogens (tertiary/aromatic N) is 4. The van der Waals surface area contributed by atoms with Gasteiger partial charge in [0.25, 0.3) is 5.91 Å². The zero-order chi connectivity index (χ0) is 38.1. The number of likely N-dealkylation sites (tertiary alicyclic amines) is 1. The molecule has 0 bridgehead atoms. The summed E-state index contributed by atoms with van der Waals surface area (Å²) in [6, 6.07) is 17.7. The van der Waals surface area contributed by atoms with Crippen LogP contribution in [-0.4, -0.2) is 63.0 Å². The first-order valence-corrected chi connectivity index (χ1v) is 17.8. The van der Waals surface area contributed by atoms with Gasteiger partial charge in [-0.2, -0.15) is 26.3 Å². The number of carbonyl (C=O) groups is 1. The lowest BCUT2D eigenvalue weighted by Gasteiger charge is -2.45. The first kappa shape index (κ1) is 38.4. The molecule has 1 amide bonds. The molecular weight excluding hydrogens is 741 g/mol. The van der Waals surface area contributed by atoms with Crippen molar-refractivity contribution in [1.82, 2.24) is 24.8 Å². The lowest BCUT2D eigenvalue weighted by atomic mass is 9.89. The average Bonchev–Trinajstić information content (AvgIpc) is 3.54. The van der Waals surface area contributed by atoms with E-state index < -0.39 is 47.0 Å². The number of rotatable bonds is 10. The fourth-order valence-corrected chi connectivity index (χ4v) is 7.34. The molecule has 2 aromatic heterocycles. The molecule has 3 aromatic carbocycles. The van der Waals surface area contributed by atoms with Crippen LogP contribution >= 0.6 is 23.2 Å². The van der Waals surface area contributed by atoms with Crippen LogP contribution in [-0.2, 0) is 18.8 Å². The maximum Gasteiger partial charge on any atom is 0.416 e. The van der Waals surface area contributed by atoms with Crippen LogP contribution in [0.5, 0.6) is 0 Å². The topological polar surface area (TPSA) is 77.2 Å². The van der Waals surface area contributed by atoms with E-state index in [2.05, 4.69) is 15.3 Å². The minimum Gasteiger partial charge on any atom is -0.353 e. The summed E-state index contributed by atoms with van der Waals surface area (Å²) in [4.78, 5) is 29.9. The van der Waals surface area contributed by atoms with Gasteiger partial charge in [0.2, 0.25) is 5.95 Å². The highest BCUT2D eigenvalue weighted by molar-refractivity contribution is 6.42. The van der Waals surface area contributed by atoms with E-state index in [9.17, 15) is 31.1 Å². The number of aromatic nitrogens is 3. The number of benzene rings is 3. The smallest absolute Gasteiger partial charge is 0.353 e. The van der Waals surface area contributed by atoms with Gasteiger partial charge in [-0.15, -0.1) is 0 Å². The number of pyridine rings is 1. The number of piperidine rings is 1. The van der Waals surface area contributed by atoms with Crippen molar-refractivity contribution in [2.75, 3.05) is 25.5 Å². The molecule has 1 aliphatic heterocycles. The van der Waals surface area contributed by atoms with Gasteiger partial charge in [0.15, 0.2) is 0 Å². The predicted octanol–water partition coefficient (Wildman–Crippen LogP) is 10.1. The molecule has 3 heterocycles. The fourth-order valence-electron chi connectivity index (χ4n) is 7.04. The molecule has 1 fully saturated rings. The van der Waals surface area contributed by atoms with E-state index in [0.717, 1.165) is 27.9 Å². The molecule has 0 saturated carbocycles. The number of imidazole rings is 1. The highest BCUT2D eigenvalue weighted by Gasteiger charge is 2.40. The van der Waals surface area contributed by atoms with Crippen molar-refractivity contribution in [1.29, 1.82) is 0 Å².